The van der Waals surface area contributed by atoms with E-state index in [2.05, 4.69) is 20.3 Å². The maximum atomic E-state index is 12.3. The van der Waals surface area contributed by atoms with Crippen molar-refractivity contribution in [2.24, 2.45) is 0 Å². The number of pyridine rings is 1. The lowest BCUT2D eigenvalue weighted by atomic mass is 10.2. The second-order valence-electron chi connectivity index (χ2n) is 5.63. The average Bonchev–Trinajstić information content (AvgIpc) is 3.06. The van der Waals surface area contributed by atoms with Crippen molar-refractivity contribution < 1.29 is 4.79 Å². The Bertz CT molecular complexity index is 1060. The first-order chi connectivity index (χ1) is 12.2. The number of fused-ring (bicyclic) bond motifs is 1. The van der Waals surface area contributed by atoms with Gasteiger partial charge in [0.2, 0.25) is 0 Å². The Hall–Kier alpha value is -3.67. The summed E-state index contributed by atoms with van der Waals surface area (Å²) in [5.41, 5.74) is 10.1. The molecule has 0 aliphatic heterocycles. The van der Waals surface area contributed by atoms with E-state index >= 15 is 0 Å². The summed E-state index contributed by atoms with van der Waals surface area (Å²) in [5.74, 6) is 0.553. The molecule has 6 nitrogen and oxygen atoms in total. The predicted molar refractivity (Wildman–Crippen MR) is 98.1 cm³/mol. The smallest absolute Gasteiger partial charge is 0.255 e. The van der Waals surface area contributed by atoms with Crippen LogP contribution in [0.3, 0.4) is 0 Å². The van der Waals surface area contributed by atoms with Gasteiger partial charge in [0.15, 0.2) is 0 Å². The van der Waals surface area contributed by atoms with Crippen LogP contribution in [0.2, 0.25) is 0 Å². The number of aromatic amines is 1. The monoisotopic (exact) mass is 329 g/mol. The lowest BCUT2D eigenvalue weighted by Gasteiger charge is -2.05. The maximum Gasteiger partial charge on any atom is 0.255 e. The first-order valence-electron chi connectivity index (χ1n) is 7.76. The number of carbonyl (C=O) groups is 1. The SMILES string of the molecule is Nc1cccc(C(=O)Nc2ccc3nc(-c4ccncc4)[nH]c3c2)c1. The van der Waals surface area contributed by atoms with Crippen molar-refractivity contribution in [3.8, 4) is 11.4 Å². The molecule has 0 saturated carbocycles. The zero-order chi connectivity index (χ0) is 17.2. The molecule has 122 valence electrons. The highest BCUT2D eigenvalue weighted by atomic mass is 16.1. The maximum absolute atomic E-state index is 12.3. The van der Waals surface area contributed by atoms with Crippen LogP contribution < -0.4 is 11.1 Å². The second kappa shape index (κ2) is 6.09. The number of H-pyrrole nitrogens is 1. The topological polar surface area (TPSA) is 96.7 Å². The van der Waals surface area contributed by atoms with E-state index in [1.165, 1.54) is 0 Å². The lowest BCUT2D eigenvalue weighted by Crippen LogP contribution is -2.12. The predicted octanol–water partition coefficient (Wildman–Crippen LogP) is 3.46. The van der Waals surface area contributed by atoms with Crippen LogP contribution in [-0.4, -0.2) is 20.9 Å². The number of aromatic nitrogens is 3. The highest BCUT2D eigenvalue weighted by Crippen LogP contribution is 2.23. The molecular weight excluding hydrogens is 314 g/mol. The summed E-state index contributed by atoms with van der Waals surface area (Å²) in [6.07, 6.45) is 3.44. The number of hydrogen-bond donors (Lipinski definition) is 3. The third-order valence-electron chi connectivity index (χ3n) is 3.84. The molecule has 0 bridgehead atoms. The van der Waals surface area contributed by atoms with Crippen LogP contribution in [0.1, 0.15) is 10.4 Å². The highest BCUT2D eigenvalue weighted by Gasteiger charge is 2.09. The Morgan fingerprint density at radius 3 is 2.68 bits per heavy atom. The minimum Gasteiger partial charge on any atom is -0.399 e. The van der Waals surface area contributed by atoms with Crippen molar-refractivity contribution in [2.75, 3.05) is 11.1 Å². The fraction of sp³-hybridized carbons (Fsp3) is 0. The van der Waals surface area contributed by atoms with Crippen LogP contribution in [0.5, 0.6) is 0 Å². The van der Waals surface area contributed by atoms with Crippen LogP contribution in [0.4, 0.5) is 11.4 Å². The summed E-state index contributed by atoms with van der Waals surface area (Å²) in [6, 6.07) is 16.2. The van der Waals surface area contributed by atoms with Gasteiger partial charge < -0.3 is 16.0 Å². The van der Waals surface area contributed by atoms with Gasteiger partial charge in [-0.2, -0.15) is 0 Å². The summed E-state index contributed by atoms with van der Waals surface area (Å²) >= 11 is 0. The molecule has 6 heteroatoms. The quantitative estimate of drug-likeness (QED) is 0.501. The Kier molecular flexibility index (Phi) is 3.63. The first-order valence-corrected chi connectivity index (χ1v) is 7.76. The standard InChI is InChI=1S/C19H15N5O/c20-14-3-1-2-13(10-14)19(25)22-15-4-5-16-17(11-15)24-18(23-16)12-6-8-21-9-7-12/h1-11H,20H2,(H,22,25)(H,23,24). The number of nitrogens with zero attached hydrogens (tertiary/aromatic N) is 2. The molecule has 2 aromatic carbocycles. The molecule has 0 aliphatic carbocycles. The molecule has 0 radical (unpaired) electrons. The van der Waals surface area contributed by atoms with Crippen LogP contribution in [0.15, 0.2) is 67.0 Å². The summed E-state index contributed by atoms with van der Waals surface area (Å²) in [6.45, 7) is 0. The van der Waals surface area contributed by atoms with Gasteiger partial charge >= 0.3 is 0 Å². The van der Waals surface area contributed by atoms with Gasteiger partial charge in [0.25, 0.3) is 5.91 Å². The van der Waals surface area contributed by atoms with E-state index in [-0.39, 0.29) is 5.91 Å². The second-order valence-corrected chi connectivity index (χ2v) is 5.63. The zero-order valence-corrected chi connectivity index (χ0v) is 13.2. The number of hydrogen-bond acceptors (Lipinski definition) is 4. The fourth-order valence-corrected chi connectivity index (χ4v) is 2.62. The molecule has 0 fully saturated rings. The fourth-order valence-electron chi connectivity index (χ4n) is 2.62. The number of anilines is 2. The Labute approximate surface area is 143 Å². The minimum absolute atomic E-state index is 0.208. The van der Waals surface area contributed by atoms with Gasteiger partial charge in [-0.3, -0.25) is 9.78 Å². The molecule has 0 aliphatic rings. The van der Waals surface area contributed by atoms with E-state index in [0.29, 0.717) is 16.9 Å². The third kappa shape index (κ3) is 3.05. The molecule has 2 heterocycles. The summed E-state index contributed by atoms with van der Waals surface area (Å²) in [4.78, 5) is 24.2. The van der Waals surface area contributed by atoms with Crippen molar-refractivity contribution in [1.29, 1.82) is 0 Å². The minimum atomic E-state index is -0.208. The van der Waals surface area contributed by atoms with Gasteiger partial charge in [-0.15, -0.1) is 0 Å². The highest BCUT2D eigenvalue weighted by molar-refractivity contribution is 6.05. The lowest BCUT2D eigenvalue weighted by molar-refractivity contribution is 0.102. The van der Waals surface area contributed by atoms with Gasteiger partial charge in [0, 0.05) is 34.9 Å². The Morgan fingerprint density at radius 1 is 1.04 bits per heavy atom. The van der Waals surface area contributed by atoms with Crippen molar-refractivity contribution >= 4 is 28.3 Å². The number of carbonyl (C=O) groups excluding carboxylic acids is 1. The van der Waals surface area contributed by atoms with Gasteiger partial charge in [0.05, 0.1) is 11.0 Å². The molecule has 2 aromatic heterocycles. The molecule has 0 atom stereocenters. The van der Waals surface area contributed by atoms with Crippen LogP contribution in [-0.2, 0) is 0 Å². The number of amides is 1. The van der Waals surface area contributed by atoms with E-state index in [1.807, 2.05) is 30.3 Å². The van der Waals surface area contributed by atoms with E-state index in [9.17, 15) is 4.79 Å². The molecule has 0 unspecified atom stereocenters. The number of nitrogens with two attached hydrogens (primary N) is 1. The van der Waals surface area contributed by atoms with E-state index in [1.54, 1.807) is 36.7 Å². The Balaban J connectivity index is 1.62. The van der Waals surface area contributed by atoms with E-state index in [4.69, 9.17) is 5.73 Å². The zero-order valence-electron chi connectivity index (χ0n) is 13.2. The van der Waals surface area contributed by atoms with Crippen LogP contribution in [0.25, 0.3) is 22.4 Å². The molecule has 0 saturated heterocycles. The van der Waals surface area contributed by atoms with Crippen LogP contribution in [0, 0.1) is 0 Å². The molecule has 4 aromatic rings. The van der Waals surface area contributed by atoms with E-state index < -0.39 is 0 Å². The molecule has 4 rings (SSSR count). The summed E-state index contributed by atoms with van der Waals surface area (Å²) < 4.78 is 0. The first kappa shape index (κ1) is 14.9. The van der Waals surface area contributed by atoms with Crippen LogP contribution >= 0.6 is 0 Å². The number of benzene rings is 2. The average molecular weight is 329 g/mol. The van der Waals surface area contributed by atoms with Crippen molar-refractivity contribution in [3.05, 3.63) is 72.6 Å². The Morgan fingerprint density at radius 2 is 1.88 bits per heavy atom. The number of nitrogens with one attached hydrogen (secondary N) is 2. The van der Waals surface area contributed by atoms with Crippen molar-refractivity contribution in [1.82, 2.24) is 15.0 Å². The molecular formula is C19H15N5O. The van der Waals surface area contributed by atoms with Gasteiger partial charge in [0.1, 0.15) is 5.82 Å². The molecule has 25 heavy (non-hydrogen) atoms. The number of nitrogen functional groups attached to an aromatic ring is 1. The molecule has 4 N–H and O–H groups in total. The molecule has 0 spiro atoms. The van der Waals surface area contributed by atoms with Crippen molar-refractivity contribution in [3.63, 3.8) is 0 Å². The van der Waals surface area contributed by atoms with E-state index in [0.717, 1.165) is 22.4 Å². The summed E-state index contributed by atoms with van der Waals surface area (Å²) in [5, 5.41) is 2.87. The number of imidazole rings is 1. The number of rotatable bonds is 3. The molecule has 1 amide bonds. The normalized spacial score (nSPS) is 10.7. The van der Waals surface area contributed by atoms with Gasteiger partial charge in [-0.1, -0.05) is 6.07 Å². The third-order valence-corrected chi connectivity index (χ3v) is 3.84. The van der Waals surface area contributed by atoms with Gasteiger partial charge in [-0.05, 0) is 48.5 Å². The van der Waals surface area contributed by atoms with Gasteiger partial charge in [-0.25, -0.2) is 4.98 Å². The largest absolute Gasteiger partial charge is 0.399 e. The summed E-state index contributed by atoms with van der Waals surface area (Å²) in [7, 11) is 0. The van der Waals surface area contributed by atoms with Crippen molar-refractivity contribution in [2.45, 2.75) is 0 Å².